The molecule has 4 nitrogen and oxygen atoms in total. The van der Waals surface area contributed by atoms with Gasteiger partial charge < -0.3 is 10.6 Å². The van der Waals surface area contributed by atoms with Gasteiger partial charge >= 0.3 is 0 Å². The van der Waals surface area contributed by atoms with Gasteiger partial charge in [0.25, 0.3) is 0 Å². The van der Waals surface area contributed by atoms with Crippen molar-refractivity contribution in [3.63, 3.8) is 0 Å². The minimum atomic E-state index is -0.380. The molecule has 0 radical (unpaired) electrons. The third kappa shape index (κ3) is 2.59. The van der Waals surface area contributed by atoms with Gasteiger partial charge in [0.1, 0.15) is 0 Å². The molecule has 0 bridgehead atoms. The molecular weight excluding hydrogens is 207 g/mol. The van der Waals surface area contributed by atoms with E-state index >= 15 is 0 Å². The van der Waals surface area contributed by atoms with Crippen molar-refractivity contribution < 1.29 is 4.39 Å². The molecule has 0 saturated carbocycles. The molecule has 1 saturated heterocycles. The van der Waals surface area contributed by atoms with Crippen LogP contribution in [-0.4, -0.2) is 23.1 Å². The Morgan fingerprint density at radius 3 is 2.44 bits per heavy atom. The van der Waals surface area contributed by atoms with Crippen LogP contribution >= 0.6 is 0 Å². The fourth-order valence-corrected chi connectivity index (χ4v) is 2.05. The molecule has 0 unspecified atom stereocenters. The molecular formula is C11H17FN4. The lowest BCUT2D eigenvalue weighted by atomic mass is 10.1. The summed E-state index contributed by atoms with van der Waals surface area (Å²) in [6.07, 6.45) is 7.02. The molecule has 1 aliphatic heterocycles. The zero-order valence-corrected chi connectivity index (χ0v) is 9.32. The van der Waals surface area contributed by atoms with E-state index in [0.717, 1.165) is 32.1 Å². The number of nitrogens with two attached hydrogens (primary N) is 1. The number of rotatable bonds is 1. The van der Waals surface area contributed by atoms with E-state index in [1.165, 1.54) is 19.3 Å². The van der Waals surface area contributed by atoms with Crippen molar-refractivity contribution in [3.8, 4) is 0 Å². The van der Waals surface area contributed by atoms with Crippen LogP contribution in [0.15, 0.2) is 6.20 Å². The smallest absolute Gasteiger partial charge is 0.222 e. The molecule has 0 aromatic carbocycles. The maximum Gasteiger partial charge on any atom is 0.222 e. The predicted molar refractivity (Wildman–Crippen MR) is 61.7 cm³/mol. The summed E-state index contributed by atoms with van der Waals surface area (Å²) in [6.45, 7) is 1.71. The second-order valence-corrected chi connectivity index (χ2v) is 4.15. The van der Waals surface area contributed by atoms with Crippen molar-refractivity contribution in [1.29, 1.82) is 0 Å². The predicted octanol–water partition coefficient (Wildman–Crippen LogP) is 1.97. The van der Waals surface area contributed by atoms with Crippen LogP contribution in [0, 0.1) is 5.82 Å². The van der Waals surface area contributed by atoms with Gasteiger partial charge in [0, 0.05) is 13.1 Å². The number of halogens is 1. The number of nitrogen functional groups attached to an aromatic ring is 1. The highest BCUT2D eigenvalue weighted by atomic mass is 19.1. The molecule has 2 heterocycles. The molecule has 1 fully saturated rings. The SMILES string of the molecule is Nc1ncc(F)c(N2CCCCCCC2)n1. The van der Waals surface area contributed by atoms with Gasteiger partial charge in [-0.15, -0.1) is 0 Å². The van der Waals surface area contributed by atoms with Gasteiger partial charge in [-0.1, -0.05) is 19.3 Å². The van der Waals surface area contributed by atoms with Gasteiger partial charge in [0.05, 0.1) is 6.20 Å². The molecule has 1 aromatic rings. The third-order valence-corrected chi connectivity index (χ3v) is 2.90. The topological polar surface area (TPSA) is 55.0 Å². The largest absolute Gasteiger partial charge is 0.368 e. The average molecular weight is 224 g/mol. The summed E-state index contributed by atoms with van der Waals surface area (Å²) in [5, 5.41) is 0. The molecule has 16 heavy (non-hydrogen) atoms. The fourth-order valence-electron chi connectivity index (χ4n) is 2.05. The first kappa shape index (κ1) is 11.1. The van der Waals surface area contributed by atoms with E-state index in [2.05, 4.69) is 9.97 Å². The number of anilines is 2. The fraction of sp³-hybridized carbons (Fsp3) is 0.636. The van der Waals surface area contributed by atoms with Crippen LogP contribution in [-0.2, 0) is 0 Å². The van der Waals surface area contributed by atoms with Crippen LogP contribution in [0.3, 0.4) is 0 Å². The zero-order valence-electron chi connectivity index (χ0n) is 9.32. The van der Waals surface area contributed by atoms with Crippen molar-refractivity contribution in [2.45, 2.75) is 32.1 Å². The van der Waals surface area contributed by atoms with E-state index < -0.39 is 0 Å². The Kier molecular flexibility index (Phi) is 3.54. The van der Waals surface area contributed by atoms with Gasteiger partial charge in [0.2, 0.25) is 5.95 Å². The summed E-state index contributed by atoms with van der Waals surface area (Å²) in [5.41, 5.74) is 5.49. The Labute approximate surface area is 94.7 Å². The van der Waals surface area contributed by atoms with E-state index in [0.29, 0.717) is 5.82 Å². The molecule has 0 atom stereocenters. The summed E-state index contributed by atoms with van der Waals surface area (Å²) in [5.74, 6) is 0.114. The Morgan fingerprint density at radius 2 is 1.75 bits per heavy atom. The molecule has 2 rings (SSSR count). The monoisotopic (exact) mass is 224 g/mol. The lowest BCUT2D eigenvalue weighted by molar-refractivity contribution is 0.538. The highest BCUT2D eigenvalue weighted by molar-refractivity contribution is 5.42. The zero-order chi connectivity index (χ0) is 11.4. The molecule has 0 amide bonds. The second-order valence-electron chi connectivity index (χ2n) is 4.15. The Bertz CT molecular complexity index is 348. The number of nitrogens with zero attached hydrogens (tertiary/aromatic N) is 3. The third-order valence-electron chi connectivity index (χ3n) is 2.90. The summed E-state index contributed by atoms with van der Waals surface area (Å²) < 4.78 is 13.6. The quantitative estimate of drug-likeness (QED) is 0.792. The molecule has 5 heteroatoms. The Balaban J connectivity index is 2.16. The summed E-state index contributed by atoms with van der Waals surface area (Å²) in [4.78, 5) is 9.61. The molecule has 2 N–H and O–H groups in total. The molecule has 0 spiro atoms. The molecule has 0 aliphatic carbocycles. The second kappa shape index (κ2) is 5.09. The highest BCUT2D eigenvalue weighted by Crippen LogP contribution is 2.20. The Hall–Kier alpha value is -1.39. The lowest BCUT2D eigenvalue weighted by Gasteiger charge is -2.25. The average Bonchev–Trinajstić information content (AvgIpc) is 2.22. The standard InChI is InChI=1S/C11H17FN4/c12-9-8-14-11(13)15-10(9)16-6-4-2-1-3-5-7-16/h8H,1-7H2,(H2,13,14,15). The van der Waals surface area contributed by atoms with Gasteiger partial charge in [0.15, 0.2) is 11.6 Å². The normalized spacial score (nSPS) is 17.9. The van der Waals surface area contributed by atoms with Crippen LogP contribution in [0.5, 0.6) is 0 Å². The first-order valence-corrected chi connectivity index (χ1v) is 5.80. The van der Waals surface area contributed by atoms with Crippen LogP contribution in [0.1, 0.15) is 32.1 Å². The van der Waals surface area contributed by atoms with Gasteiger partial charge in [-0.3, -0.25) is 0 Å². The molecule has 1 aliphatic rings. The van der Waals surface area contributed by atoms with Crippen LogP contribution in [0.2, 0.25) is 0 Å². The van der Waals surface area contributed by atoms with E-state index in [-0.39, 0.29) is 11.8 Å². The first-order chi connectivity index (χ1) is 7.77. The minimum absolute atomic E-state index is 0.137. The molecule has 1 aromatic heterocycles. The van der Waals surface area contributed by atoms with Crippen molar-refractivity contribution in [2.75, 3.05) is 23.7 Å². The van der Waals surface area contributed by atoms with Gasteiger partial charge in [-0.05, 0) is 12.8 Å². The maximum atomic E-state index is 13.6. The Morgan fingerprint density at radius 1 is 1.12 bits per heavy atom. The van der Waals surface area contributed by atoms with Crippen molar-refractivity contribution in [2.24, 2.45) is 0 Å². The van der Waals surface area contributed by atoms with Gasteiger partial charge in [-0.25, -0.2) is 9.37 Å². The van der Waals surface area contributed by atoms with Crippen molar-refractivity contribution >= 4 is 11.8 Å². The molecule has 88 valence electrons. The van der Waals surface area contributed by atoms with E-state index in [1.54, 1.807) is 0 Å². The highest BCUT2D eigenvalue weighted by Gasteiger charge is 2.15. The summed E-state index contributed by atoms with van der Waals surface area (Å²) in [7, 11) is 0. The number of aromatic nitrogens is 2. The van der Waals surface area contributed by atoms with E-state index in [1.807, 2.05) is 4.90 Å². The van der Waals surface area contributed by atoms with Gasteiger partial charge in [-0.2, -0.15) is 4.98 Å². The lowest BCUT2D eigenvalue weighted by Crippen LogP contribution is -2.29. The van der Waals surface area contributed by atoms with Crippen LogP contribution in [0.25, 0.3) is 0 Å². The van der Waals surface area contributed by atoms with Crippen molar-refractivity contribution in [1.82, 2.24) is 9.97 Å². The van der Waals surface area contributed by atoms with E-state index in [9.17, 15) is 4.39 Å². The van der Waals surface area contributed by atoms with E-state index in [4.69, 9.17) is 5.73 Å². The number of hydrogen-bond donors (Lipinski definition) is 1. The minimum Gasteiger partial charge on any atom is -0.368 e. The summed E-state index contributed by atoms with van der Waals surface area (Å²) >= 11 is 0. The maximum absolute atomic E-state index is 13.6. The van der Waals surface area contributed by atoms with Crippen LogP contribution < -0.4 is 10.6 Å². The summed E-state index contributed by atoms with van der Waals surface area (Å²) in [6, 6.07) is 0. The first-order valence-electron chi connectivity index (χ1n) is 5.80. The van der Waals surface area contributed by atoms with Crippen molar-refractivity contribution in [3.05, 3.63) is 12.0 Å². The number of hydrogen-bond acceptors (Lipinski definition) is 4. The van der Waals surface area contributed by atoms with Crippen LogP contribution in [0.4, 0.5) is 16.2 Å².